The Labute approximate surface area is 165 Å². The third kappa shape index (κ3) is 5.41. The average molecular weight is 391 g/mol. The van der Waals surface area contributed by atoms with Crippen molar-refractivity contribution >= 4 is 22.6 Å². The third-order valence-electron chi connectivity index (χ3n) is 4.57. The molecule has 0 radical (unpaired) electrons. The Hall–Kier alpha value is -2.16. The van der Waals surface area contributed by atoms with Crippen LogP contribution in [0.25, 0.3) is 0 Å². The Morgan fingerprint density at radius 3 is 2.74 bits per heavy atom. The van der Waals surface area contributed by atoms with Crippen LogP contribution in [-0.4, -0.2) is 69.3 Å². The van der Waals surface area contributed by atoms with Gasteiger partial charge in [-0.15, -0.1) is 0 Å². The number of rotatable bonds is 7. The summed E-state index contributed by atoms with van der Waals surface area (Å²) in [5.41, 5.74) is 0. The number of anilines is 1. The minimum Gasteiger partial charge on any atom is -0.357 e. The number of piperazine rings is 1. The molecular formula is C18H30N8S. The zero-order chi connectivity index (χ0) is 19.1. The summed E-state index contributed by atoms with van der Waals surface area (Å²) >= 11 is 1.51. The van der Waals surface area contributed by atoms with Crippen LogP contribution in [0.4, 0.5) is 5.13 Å². The number of hydrogen-bond acceptors (Lipinski definition) is 6. The van der Waals surface area contributed by atoms with E-state index in [0.29, 0.717) is 5.92 Å². The topological polar surface area (TPSA) is 74.5 Å². The Balaban J connectivity index is 1.53. The van der Waals surface area contributed by atoms with Gasteiger partial charge in [-0.3, -0.25) is 9.67 Å². The van der Waals surface area contributed by atoms with Gasteiger partial charge >= 0.3 is 0 Å². The number of nitrogens with one attached hydrogen (secondary N) is 1. The summed E-state index contributed by atoms with van der Waals surface area (Å²) < 4.78 is 6.38. The molecule has 1 saturated heterocycles. The second kappa shape index (κ2) is 9.68. The van der Waals surface area contributed by atoms with E-state index in [1.165, 1.54) is 11.5 Å². The molecule has 1 aliphatic rings. The lowest BCUT2D eigenvalue weighted by Gasteiger charge is -2.36. The fourth-order valence-electron chi connectivity index (χ4n) is 3.08. The van der Waals surface area contributed by atoms with E-state index in [1.807, 2.05) is 23.1 Å². The van der Waals surface area contributed by atoms with Crippen molar-refractivity contribution in [1.29, 1.82) is 0 Å². The van der Waals surface area contributed by atoms with E-state index in [-0.39, 0.29) is 0 Å². The molecule has 1 aliphatic heterocycles. The van der Waals surface area contributed by atoms with E-state index in [9.17, 15) is 0 Å². The summed E-state index contributed by atoms with van der Waals surface area (Å²) in [4.78, 5) is 14.2. The normalized spacial score (nSPS) is 16.6. The Kier molecular flexibility index (Phi) is 7.03. The van der Waals surface area contributed by atoms with Crippen molar-refractivity contribution in [3.63, 3.8) is 0 Å². The third-order valence-corrected chi connectivity index (χ3v) is 5.38. The lowest BCUT2D eigenvalue weighted by atomic mass is 10.2. The zero-order valence-corrected chi connectivity index (χ0v) is 17.3. The lowest BCUT2D eigenvalue weighted by molar-refractivity contribution is 0.369. The Morgan fingerprint density at radius 1 is 1.30 bits per heavy atom. The first-order valence-corrected chi connectivity index (χ1v) is 10.5. The van der Waals surface area contributed by atoms with Crippen LogP contribution in [0.15, 0.2) is 23.5 Å². The standard InChI is InChI=1S/C18H30N8S/c1-4-16-22-18(27-23-16)25-11-9-24(10-12-25)17(19-5-2)20-13-15(3)14-26-8-6-7-21-26/h6-8,15H,4-5,9-14H2,1-3H3,(H,19,20). The minimum atomic E-state index is 0.439. The Morgan fingerprint density at radius 2 is 2.11 bits per heavy atom. The molecule has 148 valence electrons. The van der Waals surface area contributed by atoms with Gasteiger partial charge in [0.1, 0.15) is 5.82 Å². The maximum Gasteiger partial charge on any atom is 0.205 e. The predicted octanol–water partition coefficient (Wildman–Crippen LogP) is 1.72. The van der Waals surface area contributed by atoms with Gasteiger partial charge in [0.05, 0.1) is 0 Å². The molecule has 0 aromatic carbocycles. The van der Waals surface area contributed by atoms with E-state index in [2.05, 4.69) is 50.3 Å². The van der Waals surface area contributed by atoms with Crippen molar-refractivity contribution in [2.45, 2.75) is 33.7 Å². The smallest absolute Gasteiger partial charge is 0.205 e. The molecule has 2 aromatic heterocycles. The van der Waals surface area contributed by atoms with Gasteiger partial charge in [-0.2, -0.15) is 9.47 Å². The highest BCUT2D eigenvalue weighted by atomic mass is 32.1. The first-order chi connectivity index (χ1) is 13.2. The predicted molar refractivity (Wildman–Crippen MR) is 110 cm³/mol. The molecule has 0 bridgehead atoms. The van der Waals surface area contributed by atoms with Crippen molar-refractivity contribution in [3.8, 4) is 0 Å². The van der Waals surface area contributed by atoms with Crippen LogP contribution in [0, 0.1) is 5.92 Å². The van der Waals surface area contributed by atoms with Gasteiger partial charge in [0.25, 0.3) is 0 Å². The van der Waals surface area contributed by atoms with Crippen molar-refractivity contribution in [2.24, 2.45) is 10.9 Å². The summed E-state index contributed by atoms with van der Waals surface area (Å²) in [5.74, 6) is 2.39. The first kappa shape index (κ1) is 19.6. The monoisotopic (exact) mass is 390 g/mol. The van der Waals surface area contributed by atoms with Gasteiger partial charge in [-0.25, -0.2) is 4.98 Å². The number of aliphatic imine (C=N–C) groups is 1. The summed E-state index contributed by atoms with van der Waals surface area (Å²) in [6.45, 7) is 12.8. The molecular weight excluding hydrogens is 360 g/mol. The van der Waals surface area contributed by atoms with E-state index in [1.54, 1.807) is 0 Å². The van der Waals surface area contributed by atoms with Gasteiger partial charge in [-0.05, 0) is 18.9 Å². The summed E-state index contributed by atoms with van der Waals surface area (Å²) in [7, 11) is 0. The van der Waals surface area contributed by atoms with E-state index in [0.717, 1.165) is 69.1 Å². The molecule has 1 N–H and O–H groups in total. The van der Waals surface area contributed by atoms with Crippen LogP contribution in [-0.2, 0) is 13.0 Å². The van der Waals surface area contributed by atoms with E-state index in [4.69, 9.17) is 4.99 Å². The van der Waals surface area contributed by atoms with Crippen LogP contribution in [0.3, 0.4) is 0 Å². The summed E-state index contributed by atoms with van der Waals surface area (Å²) in [6.07, 6.45) is 4.72. The molecule has 1 unspecified atom stereocenters. The van der Waals surface area contributed by atoms with E-state index >= 15 is 0 Å². The first-order valence-electron chi connectivity index (χ1n) is 9.77. The van der Waals surface area contributed by atoms with Crippen molar-refractivity contribution in [1.82, 2.24) is 29.4 Å². The SMILES string of the molecule is CCNC(=NCC(C)Cn1cccn1)N1CCN(c2nc(CC)ns2)CC1. The largest absolute Gasteiger partial charge is 0.357 e. The average Bonchev–Trinajstić information content (AvgIpc) is 3.37. The molecule has 0 spiro atoms. The molecule has 0 saturated carbocycles. The maximum atomic E-state index is 4.88. The lowest BCUT2D eigenvalue weighted by Crippen LogP contribution is -2.52. The molecule has 9 heteroatoms. The molecule has 8 nitrogen and oxygen atoms in total. The van der Waals surface area contributed by atoms with Crippen LogP contribution in [0.5, 0.6) is 0 Å². The van der Waals surface area contributed by atoms with E-state index < -0.39 is 0 Å². The number of aryl methyl sites for hydroxylation is 1. The van der Waals surface area contributed by atoms with Crippen LogP contribution >= 0.6 is 11.5 Å². The number of guanidine groups is 1. The van der Waals surface area contributed by atoms with Gasteiger partial charge < -0.3 is 15.1 Å². The van der Waals surface area contributed by atoms with Gasteiger partial charge in [0, 0.05) is 76.2 Å². The fraction of sp³-hybridized carbons (Fsp3) is 0.667. The molecule has 1 atom stereocenters. The van der Waals surface area contributed by atoms with Crippen LogP contribution in [0.2, 0.25) is 0 Å². The molecule has 0 amide bonds. The molecule has 0 aliphatic carbocycles. The van der Waals surface area contributed by atoms with Crippen LogP contribution < -0.4 is 10.2 Å². The van der Waals surface area contributed by atoms with Crippen LogP contribution in [0.1, 0.15) is 26.6 Å². The highest BCUT2D eigenvalue weighted by Crippen LogP contribution is 2.19. The second-order valence-corrected chi connectivity index (χ2v) is 7.58. The van der Waals surface area contributed by atoms with Gasteiger partial charge in [0.15, 0.2) is 5.96 Å². The number of hydrogen-bond donors (Lipinski definition) is 1. The molecule has 27 heavy (non-hydrogen) atoms. The van der Waals surface area contributed by atoms with Crippen molar-refractivity contribution in [3.05, 3.63) is 24.3 Å². The highest BCUT2D eigenvalue weighted by Gasteiger charge is 2.22. The maximum absolute atomic E-state index is 4.88. The van der Waals surface area contributed by atoms with Crippen molar-refractivity contribution < 1.29 is 0 Å². The number of aromatic nitrogens is 4. The Bertz CT molecular complexity index is 703. The molecule has 3 heterocycles. The quantitative estimate of drug-likeness (QED) is 0.573. The summed E-state index contributed by atoms with van der Waals surface area (Å²) in [5, 5.41) is 8.77. The molecule has 3 rings (SSSR count). The zero-order valence-electron chi connectivity index (χ0n) is 16.5. The molecule has 1 fully saturated rings. The highest BCUT2D eigenvalue weighted by molar-refractivity contribution is 7.09. The summed E-state index contributed by atoms with van der Waals surface area (Å²) in [6, 6.07) is 1.96. The van der Waals surface area contributed by atoms with Gasteiger partial charge in [-0.1, -0.05) is 13.8 Å². The number of nitrogens with zero attached hydrogens (tertiary/aromatic N) is 7. The van der Waals surface area contributed by atoms with Crippen molar-refractivity contribution in [2.75, 3.05) is 44.2 Å². The minimum absolute atomic E-state index is 0.439. The fourth-order valence-corrected chi connectivity index (χ4v) is 3.88. The van der Waals surface area contributed by atoms with Gasteiger partial charge in [0.2, 0.25) is 5.13 Å². The second-order valence-electron chi connectivity index (χ2n) is 6.85. The molecule has 2 aromatic rings.